The molecule has 0 heteroatoms. The maximum Gasteiger partial charge on any atom is -0.0233 e. The molecule has 0 spiro atoms. The standard InChI is InChI=1S/C18H18/c1-3-13(17-11-9-15(17)5-1)7-8-14-4-2-6-16-10-12-18(14)16/h1-6H,7-12H2. The van der Waals surface area contributed by atoms with E-state index in [2.05, 4.69) is 36.4 Å². The molecule has 0 saturated carbocycles. The van der Waals surface area contributed by atoms with Gasteiger partial charge >= 0.3 is 0 Å². The Labute approximate surface area is 109 Å². The first-order valence-electron chi connectivity index (χ1n) is 7.11. The predicted molar refractivity (Wildman–Crippen MR) is 75.1 cm³/mol. The predicted octanol–water partition coefficient (Wildman–Crippen LogP) is 3.67. The molecule has 4 rings (SSSR count). The first kappa shape index (κ1) is 10.4. The summed E-state index contributed by atoms with van der Waals surface area (Å²) in [6.45, 7) is 0. The van der Waals surface area contributed by atoms with Crippen LogP contribution in [0.1, 0.15) is 33.4 Å². The first-order chi connectivity index (χ1) is 8.92. The van der Waals surface area contributed by atoms with Crippen molar-refractivity contribution in [1.29, 1.82) is 0 Å². The summed E-state index contributed by atoms with van der Waals surface area (Å²) in [7, 11) is 0. The fraction of sp³-hybridized carbons (Fsp3) is 0.333. The van der Waals surface area contributed by atoms with Gasteiger partial charge in [0.2, 0.25) is 0 Å². The molecule has 0 aromatic heterocycles. The summed E-state index contributed by atoms with van der Waals surface area (Å²) in [6, 6.07) is 13.7. The molecule has 0 bridgehead atoms. The SMILES string of the molecule is c1cc(CCc2cccc3c2CC3)c2c(c1)CC2. The van der Waals surface area contributed by atoms with Crippen LogP contribution in [0.3, 0.4) is 0 Å². The Morgan fingerprint density at radius 3 is 1.50 bits per heavy atom. The Kier molecular flexibility index (Phi) is 2.29. The average molecular weight is 234 g/mol. The van der Waals surface area contributed by atoms with Crippen molar-refractivity contribution in [3.63, 3.8) is 0 Å². The van der Waals surface area contributed by atoms with Crippen molar-refractivity contribution < 1.29 is 0 Å². The third kappa shape index (κ3) is 1.52. The van der Waals surface area contributed by atoms with E-state index < -0.39 is 0 Å². The minimum absolute atomic E-state index is 1.22. The van der Waals surface area contributed by atoms with Crippen molar-refractivity contribution >= 4 is 0 Å². The van der Waals surface area contributed by atoms with Gasteiger partial charge in [0.15, 0.2) is 0 Å². The Morgan fingerprint density at radius 2 is 1.11 bits per heavy atom. The summed E-state index contributed by atoms with van der Waals surface area (Å²) in [5.74, 6) is 0. The Balaban J connectivity index is 1.56. The van der Waals surface area contributed by atoms with Crippen molar-refractivity contribution in [2.24, 2.45) is 0 Å². The van der Waals surface area contributed by atoms with Crippen LogP contribution < -0.4 is 0 Å². The van der Waals surface area contributed by atoms with Crippen LogP contribution >= 0.6 is 0 Å². The smallest absolute Gasteiger partial charge is 0.0233 e. The molecule has 0 fully saturated rings. The lowest BCUT2D eigenvalue weighted by Crippen LogP contribution is -2.14. The minimum Gasteiger partial charge on any atom is -0.0617 e. The van der Waals surface area contributed by atoms with Gasteiger partial charge in [-0.3, -0.25) is 0 Å². The summed E-state index contributed by atoms with van der Waals surface area (Å²) in [5.41, 5.74) is 9.66. The fourth-order valence-electron chi connectivity index (χ4n) is 3.39. The van der Waals surface area contributed by atoms with Gasteiger partial charge in [-0.2, -0.15) is 0 Å². The van der Waals surface area contributed by atoms with E-state index in [-0.39, 0.29) is 0 Å². The molecular formula is C18H18. The monoisotopic (exact) mass is 234 g/mol. The summed E-state index contributed by atoms with van der Waals surface area (Å²) in [5, 5.41) is 0. The van der Waals surface area contributed by atoms with Crippen LogP contribution in [0.2, 0.25) is 0 Å². The highest BCUT2D eigenvalue weighted by Gasteiger charge is 2.18. The molecule has 0 saturated heterocycles. The van der Waals surface area contributed by atoms with Crippen LogP contribution in [0.4, 0.5) is 0 Å². The number of fused-ring (bicyclic) bond motifs is 2. The summed E-state index contributed by atoms with van der Waals surface area (Å²) in [6.07, 6.45) is 7.64. The largest absolute Gasteiger partial charge is 0.0617 e. The molecule has 2 aromatic rings. The molecule has 0 radical (unpaired) electrons. The molecule has 0 N–H and O–H groups in total. The normalized spacial score (nSPS) is 15.3. The molecule has 0 aliphatic heterocycles. The molecule has 2 aliphatic rings. The van der Waals surface area contributed by atoms with Crippen LogP contribution in [0, 0.1) is 0 Å². The second-order valence-electron chi connectivity index (χ2n) is 5.61. The molecule has 2 aromatic carbocycles. The van der Waals surface area contributed by atoms with Gasteiger partial charge in [0.1, 0.15) is 0 Å². The summed E-state index contributed by atoms with van der Waals surface area (Å²) in [4.78, 5) is 0. The minimum atomic E-state index is 1.22. The number of hydrogen-bond acceptors (Lipinski definition) is 0. The van der Waals surface area contributed by atoms with Gasteiger partial charge in [0.05, 0.1) is 0 Å². The Morgan fingerprint density at radius 1 is 0.611 bits per heavy atom. The van der Waals surface area contributed by atoms with E-state index in [4.69, 9.17) is 0 Å². The van der Waals surface area contributed by atoms with Crippen molar-refractivity contribution in [1.82, 2.24) is 0 Å². The highest BCUT2D eigenvalue weighted by molar-refractivity contribution is 5.44. The van der Waals surface area contributed by atoms with Gasteiger partial charge in [-0.1, -0.05) is 36.4 Å². The molecule has 2 aliphatic carbocycles. The lowest BCUT2D eigenvalue weighted by atomic mass is 9.81. The zero-order valence-corrected chi connectivity index (χ0v) is 10.7. The van der Waals surface area contributed by atoms with Gasteiger partial charge < -0.3 is 0 Å². The van der Waals surface area contributed by atoms with E-state index >= 15 is 0 Å². The zero-order chi connectivity index (χ0) is 11.9. The molecule has 0 amide bonds. The topological polar surface area (TPSA) is 0 Å². The Hall–Kier alpha value is -1.56. The zero-order valence-electron chi connectivity index (χ0n) is 10.7. The molecule has 90 valence electrons. The molecule has 0 unspecified atom stereocenters. The van der Waals surface area contributed by atoms with Gasteiger partial charge in [-0.15, -0.1) is 0 Å². The fourth-order valence-corrected chi connectivity index (χ4v) is 3.39. The highest BCUT2D eigenvalue weighted by atomic mass is 14.2. The first-order valence-corrected chi connectivity index (χ1v) is 7.11. The van der Waals surface area contributed by atoms with Crippen molar-refractivity contribution in [2.75, 3.05) is 0 Å². The van der Waals surface area contributed by atoms with Crippen LogP contribution in [-0.2, 0) is 38.5 Å². The maximum atomic E-state index is 2.33. The third-order valence-corrected chi connectivity index (χ3v) is 4.69. The number of rotatable bonds is 3. The van der Waals surface area contributed by atoms with Crippen LogP contribution in [0.5, 0.6) is 0 Å². The van der Waals surface area contributed by atoms with Crippen molar-refractivity contribution in [3.8, 4) is 0 Å². The third-order valence-electron chi connectivity index (χ3n) is 4.69. The van der Waals surface area contributed by atoms with Gasteiger partial charge in [-0.25, -0.2) is 0 Å². The quantitative estimate of drug-likeness (QED) is 0.760. The second kappa shape index (κ2) is 3.98. The number of benzene rings is 2. The summed E-state index contributed by atoms with van der Waals surface area (Å²) >= 11 is 0. The van der Waals surface area contributed by atoms with Crippen molar-refractivity contribution in [2.45, 2.75) is 38.5 Å². The molecule has 0 heterocycles. The van der Waals surface area contributed by atoms with E-state index in [0.29, 0.717) is 0 Å². The maximum absolute atomic E-state index is 2.33. The van der Waals surface area contributed by atoms with E-state index in [9.17, 15) is 0 Å². The summed E-state index contributed by atoms with van der Waals surface area (Å²) < 4.78 is 0. The van der Waals surface area contributed by atoms with Crippen molar-refractivity contribution in [3.05, 3.63) is 69.8 Å². The van der Waals surface area contributed by atoms with E-state index in [1.807, 2.05) is 0 Å². The lowest BCUT2D eigenvalue weighted by molar-refractivity contribution is 0.779. The molecular weight excluding hydrogens is 216 g/mol. The second-order valence-corrected chi connectivity index (χ2v) is 5.61. The van der Waals surface area contributed by atoms with Crippen LogP contribution in [0.25, 0.3) is 0 Å². The van der Waals surface area contributed by atoms with Crippen LogP contribution in [0.15, 0.2) is 36.4 Å². The van der Waals surface area contributed by atoms with Gasteiger partial charge in [-0.05, 0) is 71.9 Å². The van der Waals surface area contributed by atoms with Gasteiger partial charge in [0.25, 0.3) is 0 Å². The number of aryl methyl sites for hydroxylation is 4. The Bertz CT molecular complexity index is 552. The van der Waals surface area contributed by atoms with Crippen LogP contribution in [-0.4, -0.2) is 0 Å². The number of hydrogen-bond donors (Lipinski definition) is 0. The average Bonchev–Trinajstić information content (AvgIpc) is 2.30. The molecule has 18 heavy (non-hydrogen) atoms. The molecule has 0 nitrogen and oxygen atoms in total. The lowest BCUT2D eigenvalue weighted by Gasteiger charge is -2.24. The van der Waals surface area contributed by atoms with E-state index in [1.54, 1.807) is 33.4 Å². The highest BCUT2D eigenvalue weighted by Crippen LogP contribution is 2.30. The molecule has 0 atom stereocenters. The van der Waals surface area contributed by atoms with E-state index in [0.717, 1.165) is 0 Å². The van der Waals surface area contributed by atoms with E-state index in [1.165, 1.54) is 38.5 Å². The van der Waals surface area contributed by atoms with Gasteiger partial charge in [0, 0.05) is 0 Å².